The fraction of sp³-hybridized carbons (Fsp3) is 0.917. The van der Waals surface area contributed by atoms with Crippen LogP contribution in [0, 0.1) is 0 Å². The van der Waals surface area contributed by atoms with Gasteiger partial charge in [0.05, 0.1) is 13.2 Å². The number of aliphatic hydroxyl groups excluding tert-OH is 1. The van der Waals surface area contributed by atoms with Crippen LogP contribution in [0.4, 0.5) is 0 Å². The monoisotopic (exact) mass is 246 g/mol. The van der Waals surface area contributed by atoms with E-state index < -0.39 is 5.60 Å². The maximum atomic E-state index is 11.5. The highest BCUT2D eigenvalue weighted by Crippen LogP contribution is 2.40. The van der Waals surface area contributed by atoms with Crippen molar-refractivity contribution in [2.24, 2.45) is 0 Å². The van der Waals surface area contributed by atoms with Gasteiger partial charge in [-0.3, -0.25) is 0 Å². The number of hydrogen-bond acceptors (Lipinski definition) is 5. The molecule has 0 radical (unpaired) electrons. The molecule has 1 N–H and O–H groups in total. The highest BCUT2D eigenvalue weighted by Gasteiger charge is 2.52. The lowest BCUT2D eigenvalue weighted by molar-refractivity contribution is -0.160. The van der Waals surface area contributed by atoms with Gasteiger partial charge >= 0.3 is 5.97 Å². The molecule has 1 aliphatic carbocycles. The zero-order chi connectivity index (χ0) is 12.6. The van der Waals surface area contributed by atoms with Gasteiger partial charge in [-0.1, -0.05) is 0 Å². The van der Waals surface area contributed by atoms with Crippen molar-refractivity contribution < 1.29 is 24.1 Å². The Labute approximate surface area is 102 Å². The maximum Gasteiger partial charge on any atom is 0.338 e. The number of carbonyl (C=O) groups excluding carboxylic acids is 1. The molecule has 0 saturated heterocycles. The predicted molar refractivity (Wildman–Crippen MR) is 61.7 cm³/mol. The van der Waals surface area contributed by atoms with Gasteiger partial charge < -0.3 is 19.3 Å². The van der Waals surface area contributed by atoms with Gasteiger partial charge in [0, 0.05) is 19.8 Å². The van der Waals surface area contributed by atoms with E-state index in [1.165, 1.54) is 0 Å². The lowest BCUT2D eigenvalue weighted by Crippen LogP contribution is -2.29. The molecule has 1 aliphatic rings. The van der Waals surface area contributed by atoms with Crippen molar-refractivity contribution in [3.8, 4) is 0 Å². The molecule has 1 rings (SSSR count). The quantitative estimate of drug-likeness (QED) is 0.458. The van der Waals surface area contributed by atoms with Crippen molar-refractivity contribution in [3.05, 3.63) is 0 Å². The summed E-state index contributed by atoms with van der Waals surface area (Å²) >= 11 is 0. The first kappa shape index (κ1) is 14.4. The Hall–Kier alpha value is -0.650. The van der Waals surface area contributed by atoms with E-state index in [1.807, 2.05) is 0 Å². The number of rotatable bonds is 10. The molecule has 17 heavy (non-hydrogen) atoms. The Morgan fingerprint density at radius 2 is 1.94 bits per heavy atom. The van der Waals surface area contributed by atoms with Crippen LogP contribution in [0.3, 0.4) is 0 Å². The predicted octanol–water partition coefficient (Wildman–Crippen LogP) is 0.888. The van der Waals surface area contributed by atoms with Crippen molar-refractivity contribution in [1.29, 1.82) is 0 Å². The molecular weight excluding hydrogens is 224 g/mol. The molecule has 0 aromatic rings. The third kappa shape index (κ3) is 5.02. The first-order valence-electron chi connectivity index (χ1n) is 6.25. The van der Waals surface area contributed by atoms with E-state index >= 15 is 0 Å². The van der Waals surface area contributed by atoms with Crippen LogP contribution < -0.4 is 0 Å². The molecule has 1 saturated carbocycles. The van der Waals surface area contributed by atoms with Crippen molar-refractivity contribution in [2.75, 3.05) is 33.0 Å². The molecule has 5 nitrogen and oxygen atoms in total. The first-order valence-corrected chi connectivity index (χ1v) is 6.25. The second kappa shape index (κ2) is 7.63. The number of aliphatic hydroxyl groups is 1. The summed E-state index contributed by atoms with van der Waals surface area (Å²) in [7, 11) is 0. The molecule has 0 spiro atoms. The van der Waals surface area contributed by atoms with Gasteiger partial charge in [-0.2, -0.15) is 0 Å². The topological polar surface area (TPSA) is 65.0 Å². The minimum Gasteiger partial charge on any atom is -0.464 e. The van der Waals surface area contributed by atoms with Gasteiger partial charge in [0.1, 0.15) is 0 Å². The van der Waals surface area contributed by atoms with Crippen LogP contribution in [0.2, 0.25) is 0 Å². The van der Waals surface area contributed by atoms with E-state index in [-0.39, 0.29) is 12.6 Å². The Balaban J connectivity index is 2.00. The number of esters is 1. The normalized spacial score (nSPS) is 16.8. The number of ether oxygens (including phenoxy) is 3. The Bertz CT molecular complexity index is 225. The Morgan fingerprint density at radius 3 is 2.53 bits per heavy atom. The van der Waals surface area contributed by atoms with Crippen LogP contribution in [0.15, 0.2) is 0 Å². The van der Waals surface area contributed by atoms with Gasteiger partial charge in [0.25, 0.3) is 0 Å². The Morgan fingerprint density at radius 1 is 1.24 bits per heavy atom. The van der Waals surface area contributed by atoms with Crippen molar-refractivity contribution in [3.63, 3.8) is 0 Å². The van der Waals surface area contributed by atoms with Crippen LogP contribution >= 0.6 is 0 Å². The van der Waals surface area contributed by atoms with E-state index in [4.69, 9.17) is 19.3 Å². The second-order valence-electron chi connectivity index (χ2n) is 4.11. The lowest BCUT2D eigenvalue weighted by Gasteiger charge is -2.14. The number of hydrogen-bond donors (Lipinski definition) is 1. The summed E-state index contributed by atoms with van der Waals surface area (Å²) in [5.74, 6) is -0.235. The van der Waals surface area contributed by atoms with Crippen LogP contribution in [0.25, 0.3) is 0 Å². The summed E-state index contributed by atoms with van der Waals surface area (Å²) in [5.41, 5.74) is -0.652. The Kier molecular flexibility index (Phi) is 6.47. The largest absolute Gasteiger partial charge is 0.464 e. The summed E-state index contributed by atoms with van der Waals surface area (Å²) in [6, 6.07) is 0. The minimum absolute atomic E-state index is 0.155. The lowest BCUT2D eigenvalue weighted by atomic mass is 10.3. The molecule has 0 aromatic heterocycles. The van der Waals surface area contributed by atoms with Gasteiger partial charge in [-0.25, -0.2) is 4.79 Å². The smallest absolute Gasteiger partial charge is 0.338 e. The zero-order valence-corrected chi connectivity index (χ0v) is 10.4. The van der Waals surface area contributed by atoms with Gasteiger partial charge in [-0.15, -0.1) is 0 Å². The van der Waals surface area contributed by atoms with Crippen LogP contribution in [0.5, 0.6) is 0 Å². The molecule has 0 amide bonds. The molecule has 0 heterocycles. The molecule has 0 unspecified atom stereocenters. The molecule has 1 fully saturated rings. The number of carbonyl (C=O) groups is 1. The molecule has 100 valence electrons. The van der Waals surface area contributed by atoms with Crippen molar-refractivity contribution >= 4 is 5.97 Å². The second-order valence-corrected chi connectivity index (χ2v) is 4.11. The van der Waals surface area contributed by atoms with Crippen LogP contribution in [-0.2, 0) is 19.0 Å². The molecule has 0 atom stereocenters. The van der Waals surface area contributed by atoms with E-state index in [2.05, 4.69) is 0 Å². The van der Waals surface area contributed by atoms with E-state index in [9.17, 15) is 4.79 Å². The molecule has 0 aliphatic heterocycles. The first-order chi connectivity index (χ1) is 8.25. The summed E-state index contributed by atoms with van der Waals surface area (Å²) in [5, 5.41) is 8.54. The minimum atomic E-state index is -0.652. The van der Waals surface area contributed by atoms with Gasteiger partial charge in [0.2, 0.25) is 0 Å². The molecule has 0 aromatic carbocycles. The third-order valence-corrected chi connectivity index (χ3v) is 2.61. The van der Waals surface area contributed by atoms with Gasteiger partial charge in [-0.05, 0) is 32.6 Å². The van der Waals surface area contributed by atoms with Crippen molar-refractivity contribution in [1.82, 2.24) is 0 Å². The zero-order valence-electron chi connectivity index (χ0n) is 10.4. The van der Waals surface area contributed by atoms with Crippen LogP contribution in [0.1, 0.15) is 32.6 Å². The SMILES string of the molecule is CCOC(=O)C1(OCCCOCCCO)CC1. The molecular formula is C12H22O5. The fourth-order valence-corrected chi connectivity index (χ4v) is 1.48. The third-order valence-electron chi connectivity index (χ3n) is 2.61. The van der Waals surface area contributed by atoms with Gasteiger partial charge in [0.15, 0.2) is 5.60 Å². The summed E-state index contributed by atoms with van der Waals surface area (Å²) < 4.78 is 15.8. The van der Waals surface area contributed by atoms with E-state index in [0.29, 0.717) is 32.8 Å². The molecule has 5 heteroatoms. The van der Waals surface area contributed by atoms with Crippen molar-refractivity contribution in [2.45, 2.75) is 38.2 Å². The standard InChI is InChI=1S/C12H22O5/c1-2-16-11(14)12(5-6-12)17-10-4-9-15-8-3-7-13/h13H,2-10H2,1H3. The van der Waals surface area contributed by atoms with E-state index in [0.717, 1.165) is 19.3 Å². The van der Waals surface area contributed by atoms with E-state index in [1.54, 1.807) is 6.92 Å². The maximum absolute atomic E-state index is 11.5. The highest BCUT2D eigenvalue weighted by atomic mass is 16.6. The fourth-order valence-electron chi connectivity index (χ4n) is 1.48. The average Bonchev–Trinajstić information content (AvgIpc) is 3.09. The average molecular weight is 246 g/mol. The summed E-state index contributed by atoms with van der Waals surface area (Å²) in [4.78, 5) is 11.5. The van der Waals surface area contributed by atoms with Crippen LogP contribution in [-0.4, -0.2) is 49.7 Å². The molecule has 0 bridgehead atoms. The summed E-state index contributed by atoms with van der Waals surface area (Å²) in [6.07, 6.45) is 2.94. The summed E-state index contributed by atoms with van der Waals surface area (Å²) in [6.45, 7) is 4.02. The highest BCUT2D eigenvalue weighted by molar-refractivity contribution is 5.82.